The molecular weight excluding hydrogens is 376 g/mol. The van der Waals surface area contributed by atoms with Crippen molar-refractivity contribution < 1.29 is 8.83 Å². The lowest BCUT2D eigenvalue weighted by molar-refractivity contribution is 0.618. The number of aromatic nitrogens is 4. The molecule has 0 aliphatic heterocycles. The number of hydrogen-bond donors (Lipinski definition) is 0. The Labute approximate surface area is 170 Å². The minimum atomic E-state index is 0.494. The molecule has 30 heavy (non-hydrogen) atoms. The van der Waals surface area contributed by atoms with Crippen LogP contribution in [-0.2, 0) is 0 Å². The highest BCUT2D eigenvalue weighted by atomic mass is 16.4. The lowest BCUT2D eigenvalue weighted by atomic mass is 10.1. The first-order chi connectivity index (χ1) is 14.9. The van der Waals surface area contributed by atoms with Crippen LogP contribution in [0.4, 0.5) is 0 Å². The third kappa shape index (κ3) is 2.66. The van der Waals surface area contributed by atoms with Crippen LogP contribution >= 0.6 is 0 Å². The normalized spacial score (nSPS) is 11.3. The van der Waals surface area contributed by atoms with Crippen molar-refractivity contribution in [2.75, 3.05) is 0 Å². The van der Waals surface area contributed by atoms with Crippen LogP contribution in [0.25, 0.3) is 56.5 Å². The van der Waals surface area contributed by atoms with Gasteiger partial charge in [0.05, 0.1) is 11.1 Å². The van der Waals surface area contributed by atoms with Gasteiger partial charge in [0.25, 0.3) is 0 Å². The average Bonchev–Trinajstić information content (AvgIpc) is 3.43. The lowest BCUT2D eigenvalue weighted by Crippen LogP contribution is -1.94. The molecule has 0 aliphatic rings. The Hall–Kier alpha value is -4.32. The van der Waals surface area contributed by atoms with E-state index in [0.29, 0.717) is 23.2 Å². The quantitative estimate of drug-likeness (QED) is 0.382. The average molecular weight is 390 g/mol. The molecule has 6 aromatic rings. The molecule has 6 rings (SSSR count). The van der Waals surface area contributed by atoms with Crippen molar-refractivity contribution in [3.8, 4) is 34.3 Å². The second-order valence-corrected chi connectivity index (χ2v) is 6.77. The summed E-state index contributed by atoms with van der Waals surface area (Å²) in [6.07, 6.45) is 3.46. The summed E-state index contributed by atoms with van der Waals surface area (Å²) in [7, 11) is 0. The fraction of sp³-hybridized carbons (Fsp3) is 0. The highest BCUT2D eigenvalue weighted by Crippen LogP contribution is 2.36. The second kappa shape index (κ2) is 6.63. The van der Waals surface area contributed by atoms with E-state index in [1.165, 1.54) is 0 Å². The van der Waals surface area contributed by atoms with Gasteiger partial charge in [-0.2, -0.15) is 0 Å². The molecule has 4 aromatic heterocycles. The van der Waals surface area contributed by atoms with Gasteiger partial charge in [0.1, 0.15) is 22.4 Å². The molecule has 0 N–H and O–H groups in total. The van der Waals surface area contributed by atoms with Gasteiger partial charge in [-0.3, -0.25) is 9.97 Å². The van der Waals surface area contributed by atoms with E-state index >= 15 is 0 Å². The second-order valence-electron chi connectivity index (χ2n) is 6.77. The molecule has 142 valence electrons. The molecule has 0 bridgehead atoms. The van der Waals surface area contributed by atoms with Crippen LogP contribution < -0.4 is 0 Å². The maximum absolute atomic E-state index is 5.99. The van der Waals surface area contributed by atoms with Crippen molar-refractivity contribution >= 4 is 22.2 Å². The zero-order valence-corrected chi connectivity index (χ0v) is 15.7. The smallest absolute Gasteiger partial charge is 0.229 e. The monoisotopic (exact) mass is 390 g/mol. The van der Waals surface area contributed by atoms with Crippen molar-refractivity contribution in [3.63, 3.8) is 0 Å². The van der Waals surface area contributed by atoms with E-state index in [4.69, 9.17) is 8.83 Å². The predicted octanol–water partition coefficient (Wildman–Crippen LogP) is 5.76. The van der Waals surface area contributed by atoms with Gasteiger partial charge in [0, 0.05) is 12.4 Å². The van der Waals surface area contributed by atoms with Crippen molar-refractivity contribution in [1.29, 1.82) is 0 Å². The number of nitrogens with zero attached hydrogens (tertiary/aromatic N) is 4. The molecule has 0 fully saturated rings. The number of fused-ring (bicyclic) bond motifs is 2. The maximum Gasteiger partial charge on any atom is 0.229 e. The summed E-state index contributed by atoms with van der Waals surface area (Å²) >= 11 is 0. The molecule has 6 nitrogen and oxygen atoms in total. The van der Waals surface area contributed by atoms with E-state index in [1.54, 1.807) is 12.4 Å². The lowest BCUT2D eigenvalue weighted by Gasteiger charge is -2.08. The molecule has 0 radical (unpaired) electrons. The molecular formula is C24H14N4O2. The standard InChI is InChI=1S/C24H14N4O2/c1-3-11-19-17(9-1)27-23(29-19)15-7-5-13-25-21(15)22-16(8-6-14-26-22)24-28-18-10-2-4-12-20(18)30-24/h1-14H. The highest BCUT2D eigenvalue weighted by Gasteiger charge is 2.20. The summed E-state index contributed by atoms with van der Waals surface area (Å²) < 4.78 is 12.0. The summed E-state index contributed by atoms with van der Waals surface area (Å²) in [4.78, 5) is 18.5. The van der Waals surface area contributed by atoms with E-state index in [-0.39, 0.29) is 0 Å². The van der Waals surface area contributed by atoms with Crippen LogP contribution in [-0.4, -0.2) is 19.9 Å². The van der Waals surface area contributed by atoms with E-state index in [9.17, 15) is 0 Å². The van der Waals surface area contributed by atoms with E-state index in [1.807, 2.05) is 72.8 Å². The molecule has 0 amide bonds. The summed E-state index contributed by atoms with van der Waals surface area (Å²) in [5.41, 5.74) is 5.85. The summed E-state index contributed by atoms with van der Waals surface area (Å²) in [6.45, 7) is 0. The Morgan fingerprint density at radius 1 is 0.500 bits per heavy atom. The predicted molar refractivity (Wildman–Crippen MR) is 113 cm³/mol. The van der Waals surface area contributed by atoms with Gasteiger partial charge in [-0.1, -0.05) is 24.3 Å². The Morgan fingerprint density at radius 3 is 1.43 bits per heavy atom. The maximum atomic E-state index is 5.99. The largest absolute Gasteiger partial charge is 0.436 e. The van der Waals surface area contributed by atoms with Gasteiger partial charge in [-0.25, -0.2) is 9.97 Å². The molecule has 0 saturated heterocycles. The number of oxazole rings is 2. The van der Waals surface area contributed by atoms with E-state index in [2.05, 4.69) is 19.9 Å². The van der Waals surface area contributed by atoms with Gasteiger partial charge >= 0.3 is 0 Å². The Morgan fingerprint density at radius 2 is 0.967 bits per heavy atom. The van der Waals surface area contributed by atoms with Gasteiger partial charge in [0.2, 0.25) is 11.8 Å². The fourth-order valence-electron chi connectivity index (χ4n) is 3.51. The first-order valence-corrected chi connectivity index (χ1v) is 9.49. The molecule has 4 heterocycles. The van der Waals surface area contributed by atoms with Gasteiger partial charge in [-0.15, -0.1) is 0 Å². The Balaban J connectivity index is 1.56. The zero-order chi connectivity index (χ0) is 19.9. The van der Waals surface area contributed by atoms with Crippen LogP contribution in [0.3, 0.4) is 0 Å². The van der Waals surface area contributed by atoms with E-state index in [0.717, 1.165) is 33.3 Å². The third-order valence-corrected chi connectivity index (χ3v) is 4.89. The first kappa shape index (κ1) is 16.6. The Kier molecular flexibility index (Phi) is 3.67. The van der Waals surface area contributed by atoms with Gasteiger partial charge in [0.15, 0.2) is 11.2 Å². The summed E-state index contributed by atoms with van der Waals surface area (Å²) in [5, 5.41) is 0. The zero-order valence-electron chi connectivity index (χ0n) is 15.7. The number of pyridine rings is 2. The van der Waals surface area contributed by atoms with Crippen molar-refractivity contribution in [2.24, 2.45) is 0 Å². The summed E-state index contributed by atoms with van der Waals surface area (Å²) in [5.74, 6) is 0.988. The molecule has 0 saturated carbocycles. The van der Waals surface area contributed by atoms with Crippen LogP contribution in [0.2, 0.25) is 0 Å². The number of para-hydroxylation sites is 4. The Bertz CT molecular complexity index is 1330. The highest BCUT2D eigenvalue weighted by molar-refractivity contribution is 5.87. The molecule has 0 atom stereocenters. The van der Waals surface area contributed by atoms with Crippen molar-refractivity contribution in [1.82, 2.24) is 19.9 Å². The molecule has 6 heteroatoms. The molecule has 0 unspecified atom stereocenters. The number of rotatable bonds is 3. The van der Waals surface area contributed by atoms with Crippen LogP contribution in [0.5, 0.6) is 0 Å². The first-order valence-electron chi connectivity index (χ1n) is 9.49. The fourth-order valence-corrected chi connectivity index (χ4v) is 3.51. The van der Waals surface area contributed by atoms with Crippen molar-refractivity contribution in [2.45, 2.75) is 0 Å². The SMILES string of the molecule is c1cnc(-c2ncccc2-c2nc3ccccc3o2)c(-c2nc3ccccc3o2)c1. The number of hydrogen-bond acceptors (Lipinski definition) is 6. The van der Waals surface area contributed by atoms with Crippen LogP contribution in [0.1, 0.15) is 0 Å². The minimum Gasteiger partial charge on any atom is -0.436 e. The topological polar surface area (TPSA) is 77.8 Å². The third-order valence-electron chi connectivity index (χ3n) is 4.89. The molecule has 0 aliphatic carbocycles. The molecule has 2 aromatic carbocycles. The summed E-state index contributed by atoms with van der Waals surface area (Å²) in [6, 6.07) is 22.9. The van der Waals surface area contributed by atoms with Crippen molar-refractivity contribution in [3.05, 3.63) is 85.2 Å². The van der Waals surface area contributed by atoms with Gasteiger partial charge in [-0.05, 0) is 48.5 Å². The minimum absolute atomic E-state index is 0.494. The molecule has 0 spiro atoms. The van der Waals surface area contributed by atoms with Crippen LogP contribution in [0.15, 0.2) is 94.0 Å². The van der Waals surface area contributed by atoms with E-state index < -0.39 is 0 Å². The van der Waals surface area contributed by atoms with Crippen LogP contribution in [0, 0.1) is 0 Å². The van der Waals surface area contributed by atoms with Gasteiger partial charge < -0.3 is 8.83 Å². The number of benzene rings is 2.